The molecule has 0 spiro atoms. The Morgan fingerprint density at radius 3 is 3.15 bits per heavy atom. The first-order valence-corrected chi connectivity index (χ1v) is 6.49. The van der Waals surface area contributed by atoms with Crippen molar-refractivity contribution in [2.24, 2.45) is 0 Å². The fraction of sp³-hybridized carbons (Fsp3) is 0.200. The van der Waals surface area contributed by atoms with Gasteiger partial charge in [-0.3, -0.25) is 4.40 Å². The van der Waals surface area contributed by atoms with Crippen molar-refractivity contribution in [2.45, 2.75) is 6.42 Å². The lowest BCUT2D eigenvalue weighted by Crippen LogP contribution is -1.94. The highest BCUT2D eigenvalue weighted by molar-refractivity contribution is 5.67. The van der Waals surface area contributed by atoms with Crippen molar-refractivity contribution in [1.29, 1.82) is 0 Å². The molecule has 1 aromatic carbocycles. The molecular weight excluding hydrogens is 254 g/mol. The van der Waals surface area contributed by atoms with Crippen LogP contribution in [0.2, 0.25) is 0 Å². The van der Waals surface area contributed by atoms with Gasteiger partial charge in [0.25, 0.3) is 5.88 Å². The molecule has 4 rings (SSSR count). The van der Waals surface area contributed by atoms with Crippen molar-refractivity contribution in [3.63, 3.8) is 0 Å². The number of hydrogen-bond donors (Lipinski definition) is 0. The van der Waals surface area contributed by atoms with Gasteiger partial charge in [0.05, 0.1) is 25.6 Å². The van der Waals surface area contributed by atoms with Crippen LogP contribution in [-0.4, -0.2) is 28.1 Å². The molecule has 0 unspecified atom stereocenters. The number of hydrogen-bond acceptors (Lipinski definition) is 4. The predicted molar refractivity (Wildman–Crippen MR) is 74.2 cm³/mol. The molecule has 0 fully saturated rings. The maximum atomic E-state index is 5.54. The first-order chi connectivity index (χ1) is 9.86. The van der Waals surface area contributed by atoms with E-state index >= 15 is 0 Å². The summed E-state index contributed by atoms with van der Waals surface area (Å²) in [6, 6.07) is 6.24. The number of benzene rings is 1. The summed E-state index contributed by atoms with van der Waals surface area (Å²) < 4.78 is 12.8. The molecule has 0 saturated carbocycles. The second-order valence-electron chi connectivity index (χ2n) is 4.69. The van der Waals surface area contributed by atoms with Crippen molar-refractivity contribution >= 4 is 5.65 Å². The molecule has 0 atom stereocenters. The minimum atomic E-state index is 0.531. The zero-order valence-corrected chi connectivity index (χ0v) is 11.0. The summed E-state index contributed by atoms with van der Waals surface area (Å²) in [6.07, 6.45) is 6.42. The van der Waals surface area contributed by atoms with Gasteiger partial charge >= 0.3 is 0 Å². The third-order valence-electron chi connectivity index (χ3n) is 3.57. The molecule has 3 heterocycles. The van der Waals surface area contributed by atoms with Gasteiger partial charge < -0.3 is 9.47 Å². The van der Waals surface area contributed by atoms with Crippen LogP contribution >= 0.6 is 0 Å². The summed E-state index contributed by atoms with van der Waals surface area (Å²) in [5, 5.41) is 0. The van der Waals surface area contributed by atoms with Crippen LogP contribution in [0.3, 0.4) is 0 Å². The zero-order valence-electron chi connectivity index (χ0n) is 11.0. The van der Waals surface area contributed by atoms with E-state index in [0.29, 0.717) is 5.88 Å². The fourth-order valence-corrected chi connectivity index (χ4v) is 2.60. The standard InChI is InChI=1S/C15H13N3O2/c1-19-15-14-17-9-12(18(14)6-5-16-15)10-2-3-13-11(8-10)4-7-20-13/h2-3,5-6,8-9H,4,7H2,1H3. The van der Waals surface area contributed by atoms with Gasteiger partial charge in [0.15, 0.2) is 0 Å². The maximum Gasteiger partial charge on any atom is 0.258 e. The lowest BCUT2D eigenvalue weighted by Gasteiger charge is -2.05. The number of rotatable bonds is 2. The van der Waals surface area contributed by atoms with Gasteiger partial charge in [-0.15, -0.1) is 0 Å². The minimum Gasteiger partial charge on any atom is -0.493 e. The van der Waals surface area contributed by atoms with Crippen LogP contribution in [0.5, 0.6) is 11.6 Å². The van der Waals surface area contributed by atoms with Crippen molar-refractivity contribution in [3.05, 3.63) is 42.4 Å². The molecule has 0 aliphatic carbocycles. The lowest BCUT2D eigenvalue weighted by atomic mass is 10.1. The molecule has 3 aromatic rings. The second-order valence-corrected chi connectivity index (χ2v) is 4.69. The van der Waals surface area contributed by atoms with Crippen LogP contribution in [0.4, 0.5) is 0 Å². The third-order valence-corrected chi connectivity index (χ3v) is 3.57. The molecule has 5 nitrogen and oxygen atoms in total. The molecule has 0 amide bonds. The normalized spacial score (nSPS) is 13.2. The summed E-state index contributed by atoms with van der Waals surface area (Å²) in [6.45, 7) is 0.768. The Bertz CT molecular complexity index is 795. The lowest BCUT2D eigenvalue weighted by molar-refractivity contribution is 0.357. The molecule has 0 N–H and O–H groups in total. The number of ether oxygens (including phenoxy) is 2. The van der Waals surface area contributed by atoms with Gasteiger partial charge in [-0.1, -0.05) is 0 Å². The van der Waals surface area contributed by atoms with Crippen LogP contribution < -0.4 is 9.47 Å². The molecular formula is C15H13N3O2. The van der Waals surface area contributed by atoms with E-state index in [1.807, 2.05) is 22.9 Å². The zero-order chi connectivity index (χ0) is 13.5. The molecule has 1 aliphatic heterocycles. The van der Waals surface area contributed by atoms with Crippen LogP contribution in [0, 0.1) is 0 Å². The van der Waals surface area contributed by atoms with E-state index in [1.54, 1.807) is 13.3 Å². The molecule has 1 aliphatic rings. The number of fused-ring (bicyclic) bond motifs is 2. The highest BCUT2D eigenvalue weighted by Crippen LogP contribution is 2.31. The van der Waals surface area contributed by atoms with Gasteiger partial charge in [-0.05, 0) is 23.8 Å². The quantitative estimate of drug-likeness (QED) is 0.715. The summed E-state index contributed by atoms with van der Waals surface area (Å²) in [7, 11) is 1.60. The molecule has 100 valence electrons. The monoisotopic (exact) mass is 267 g/mol. The highest BCUT2D eigenvalue weighted by Gasteiger charge is 2.15. The van der Waals surface area contributed by atoms with E-state index in [0.717, 1.165) is 35.7 Å². The molecule has 0 bridgehead atoms. The second kappa shape index (κ2) is 4.23. The summed E-state index contributed by atoms with van der Waals surface area (Å²) in [5.41, 5.74) is 4.12. The van der Waals surface area contributed by atoms with Crippen LogP contribution in [0.25, 0.3) is 16.9 Å². The van der Waals surface area contributed by atoms with Crippen molar-refractivity contribution < 1.29 is 9.47 Å². The topological polar surface area (TPSA) is 48.7 Å². The van der Waals surface area contributed by atoms with Crippen molar-refractivity contribution in [2.75, 3.05) is 13.7 Å². The van der Waals surface area contributed by atoms with Crippen molar-refractivity contribution in [1.82, 2.24) is 14.4 Å². The highest BCUT2D eigenvalue weighted by atomic mass is 16.5. The van der Waals surface area contributed by atoms with E-state index in [-0.39, 0.29) is 0 Å². The van der Waals surface area contributed by atoms with E-state index in [9.17, 15) is 0 Å². The van der Waals surface area contributed by atoms with E-state index in [2.05, 4.69) is 22.1 Å². The van der Waals surface area contributed by atoms with Gasteiger partial charge in [0.2, 0.25) is 5.65 Å². The molecule has 0 radical (unpaired) electrons. The summed E-state index contributed by atoms with van der Waals surface area (Å²) in [5.74, 6) is 1.52. The van der Waals surface area contributed by atoms with Crippen LogP contribution in [0.15, 0.2) is 36.8 Å². The van der Waals surface area contributed by atoms with Crippen molar-refractivity contribution in [3.8, 4) is 22.9 Å². The average molecular weight is 267 g/mol. The average Bonchev–Trinajstić information content (AvgIpc) is 3.12. The summed E-state index contributed by atoms with van der Waals surface area (Å²) in [4.78, 5) is 8.57. The number of aromatic nitrogens is 3. The molecule has 20 heavy (non-hydrogen) atoms. The number of methoxy groups -OCH3 is 1. The van der Waals surface area contributed by atoms with Gasteiger partial charge in [0, 0.05) is 24.4 Å². The maximum absolute atomic E-state index is 5.54. The van der Waals surface area contributed by atoms with Gasteiger partial charge in [0.1, 0.15) is 5.75 Å². The Balaban J connectivity index is 1.90. The molecule has 5 heteroatoms. The summed E-state index contributed by atoms with van der Waals surface area (Å²) >= 11 is 0. The Morgan fingerprint density at radius 2 is 2.25 bits per heavy atom. The van der Waals surface area contributed by atoms with Gasteiger partial charge in [-0.2, -0.15) is 0 Å². The Morgan fingerprint density at radius 1 is 1.30 bits per heavy atom. The smallest absolute Gasteiger partial charge is 0.258 e. The SMILES string of the molecule is COc1nccn2c(-c3ccc4c(c3)CCO4)cnc12. The number of nitrogens with zero attached hydrogens (tertiary/aromatic N) is 3. The minimum absolute atomic E-state index is 0.531. The predicted octanol–water partition coefficient (Wildman–Crippen LogP) is 2.34. The van der Waals surface area contributed by atoms with E-state index in [4.69, 9.17) is 9.47 Å². The van der Waals surface area contributed by atoms with Crippen LogP contribution in [-0.2, 0) is 6.42 Å². The molecule has 0 saturated heterocycles. The third kappa shape index (κ3) is 1.56. The Hall–Kier alpha value is -2.56. The first-order valence-electron chi connectivity index (χ1n) is 6.49. The molecule has 2 aromatic heterocycles. The largest absolute Gasteiger partial charge is 0.493 e. The van der Waals surface area contributed by atoms with E-state index < -0.39 is 0 Å². The fourth-order valence-electron chi connectivity index (χ4n) is 2.60. The van der Waals surface area contributed by atoms with Gasteiger partial charge in [-0.25, -0.2) is 9.97 Å². The van der Waals surface area contributed by atoms with E-state index in [1.165, 1.54) is 5.56 Å². The Labute approximate surface area is 115 Å². The first kappa shape index (κ1) is 11.3. The Kier molecular flexibility index (Phi) is 2.39. The number of imidazole rings is 1. The van der Waals surface area contributed by atoms with Crippen LogP contribution in [0.1, 0.15) is 5.56 Å².